The van der Waals surface area contributed by atoms with Gasteiger partial charge in [-0.05, 0) is 30.2 Å². The largest absolute Gasteiger partial charge is 0.329 e. The second-order valence-corrected chi connectivity index (χ2v) is 8.95. The van der Waals surface area contributed by atoms with Crippen LogP contribution in [0.3, 0.4) is 0 Å². The summed E-state index contributed by atoms with van der Waals surface area (Å²) in [6.07, 6.45) is 0.523. The number of hydrogen-bond donors (Lipinski definition) is 2. The molecule has 25 heavy (non-hydrogen) atoms. The van der Waals surface area contributed by atoms with Crippen molar-refractivity contribution in [2.24, 2.45) is 10.9 Å². The van der Waals surface area contributed by atoms with Crippen molar-refractivity contribution >= 4 is 20.0 Å². The highest BCUT2D eigenvalue weighted by atomic mass is 32.2. The maximum absolute atomic E-state index is 12.9. The highest BCUT2D eigenvalue weighted by molar-refractivity contribution is 7.90. The molecule has 136 valence electrons. The van der Waals surface area contributed by atoms with Gasteiger partial charge in [-0.3, -0.25) is 0 Å². The van der Waals surface area contributed by atoms with E-state index in [4.69, 9.17) is 10.9 Å². The number of hydrogen-bond acceptors (Lipinski definition) is 5. The van der Waals surface area contributed by atoms with Crippen molar-refractivity contribution < 1.29 is 16.8 Å². The fourth-order valence-electron chi connectivity index (χ4n) is 2.36. The molecule has 4 N–H and O–H groups in total. The SMILES string of the molecule is NCCN(CCc1ccccc1)S(=O)(=O)c1cccc(S(N)(=O)=O)c1. The van der Waals surface area contributed by atoms with Crippen LogP contribution in [0.15, 0.2) is 64.4 Å². The Morgan fingerprint density at radius 3 is 2.08 bits per heavy atom. The van der Waals surface area contributed by atoms with Gasteiger partial charge in [-0.15, -0.1) is 0 Å². The van der Waals surface area contributed by atoms with E-state index in [-0.39, 0.29) is 29.4 Å². The summed E-state index contributed by atoms with van der Waals surface area (Å²) in [6, 6.07) is 14.5. The first-order valence-corrected chi connectivity index (χ1v) is 10.6. The fraction of sp³-hybridized carbons (Fsp3) is 0.250. The molecule has 0 spiro atoms. The van der Waals surface area contributed by atoms with Gasteiger partial charge in [0.1, 0.15) is 0 Å². The maximum atomic E-state index is 12.9. The van der Waals surface area contributed by atoms with Crippen molar-refractivity contribution in [3.63, 3.8) is 0 Å². The zero-order valence-corrected chi connectivity index (χ0v) is 15.2. The number of nitrogens with two attached hydrogens (primary N) is 2. The third-order valence-corrected chi connectivity index (χ3v) is 6.45. The van der Waals surface area contributed by atoms with Gasteiger partial charge in [0.2, 0.25) is 20.0 Å². The normalized spacial score (nSPS) is 12.4. The summed E-state index contributed by atoms with van der Waals surface area (Å²) < 4.78 is 49.9. The lowest BCUT2D eigenvalue weighted by Gasteiger charge is -2.22. The van der Waals surface area contributed by atoms with Crippen molar-refractivity contribution in [3.05, 3.63) is 60.2 Å². The molecule has 0 atom stereocenters. The van der Waals surface area contributed by atoms with Crippen LogP contribution in [0.5, 0.6) is 0 Å². The summed E-state index contributed by atoms with van der Waals surface area (Å²) in [5.41, 5.74) is 6.55. The number of rotatable bonds is 8. The van der Waals surface area contributed by atoms with Crippen molar-refractivity contribution in [3.8, 4) is 0 Å². The topological polar surface area (TPSA) is 124 Å². The van der Waals surface area contributed by atoms with Gasteiger partial charge in [-0.2, -0.15) is 4.31 Å². The molecule has 2 aromatic rings. The predicted molar refractivity (Wildman–Crippen MR) is 95.8 cm³/mol. The molecule has 9 heteroatoms. The van der Waals surface area contributed by atoms with Gasteiger partial charge < -0.3 is 5.73 Å². The zero-order valence-electron chi connectivity index (χ0n) is 13.6. The first-order chi connectivity index (χ1) is 11.7. The molecule has 0 saturated heterocycles. The summed E-state index contributed by atoms with van der Waals surface area (Å²) >= 11 is 0. The smallest absolute Gasteiger partial charge is 0.243 e. The second-order valence-electron chi connectivity index (χ2n) is 5.45. The minimum absolute atomic E-state index is 0.125. The van der Waals surface area contributed by atoms with Gasteiger partial charge in [-0.25, -0.2) is 22.0 Å². The van der Waals surface area contributed by atoms with Gasteiger partial charge in [0, 0.05) is 19.6 Å². The van der Waals surface area contributed by atoms with E-state index >= 15 is 0 Å². The molecular weight excluding hydrogens is 362 g/mol. The van der Waals surface area contributed by atoms with Crippen LogP contribution in [0.25, 0.3) is 0 Å². The van der Waals surface area contributed by atoms with E-state index in [1.54, 1.807) is 0 Å². The van der Waals surface area contributed by atoms with Crippen molar-refractivity contribution in [2.45, 2.75) is 16.2 Å². The van der Waals surface area contributed by atoms with Crippen molar-refractivity contribution in [2.75, 3.05) is 19.6 Å². The third kappa shape index (κ3) is 5.10. The Morgan fingerprint density at radius 1 is 0.840 bits per heavy atom. The molecule has 0 aromatic heterocycles. The van der Waals surface area contributed by atoms with Crippen LogP contribution < -0.4 is 10.9 Å². The minimum atomic E-state index is -3.99. The Morgan fingerprint density at radius 2 is 1.48 bits per heavy atom. The molecular formula is C16H21N3O4S2. The Kier molecular flexibility index (Phi) is 6.31. The van der Waals surface area contributed by atoms with E-state index in [1.807, 2.05) is 30.3 Å². The molecule has 0 aliphatic carbocycles. The number of primary sulfonamides is 1. The van der Waals surface area contributed by atoms with Gasteiger partial charge in [0.15, 0.2) is 0 Å². The van der Waals surface area contributed by atoms with Crippen molar-refractivity contribution in [1.29, 1.82) is 0 Å². The molecule has 0 radical (unpaired) electrons. The molecule has 0 fully saturated rings. The molecule has 2 rings (SSSR count). The summed E-state index contributed by atoms with van der Waals surface area (Å²) in [7, 11) is -7.87. The summed E-state index contributed by atoms with van der Waals surface area (Å²) in [5.74, 6) is 0. The first-order valence-electron chi connectivity index (χ1n) is 7.62. The number of sulfonamides is 2. The second kappa shape index (κ2) is 8.07. The van der Waals surface area contributed by atoms with Crippen LogP contribution in [0.4, 0.5) is 0 Å². The quantitative estimate of drug-likeness (QED) is 0.688. The van der Waals surface area contributed by atoms with Gasteiger partial charge >= 0.3 is 0 Å². The van der Waals surface area contributed by atoms with E-state index < -0.39 is 20.0 Å². The summed E-state index contributed by atoms with van der Waals surface area (Å²) in [4.78, 5) is -0.370. The lowest BCUT2D eigenvalue weighted by molar-refractivity contribution is 0.421. The fourth-order valence-corrected chi connectivity index (χ4v) is 4.49. The van der Waals surface area contributed by atoms with Crippen LogP contribution in [0.1, 0.15) is 5.56 Å². The monoisotopic (exact) mass is 383 g/mol. The Hall–Kier alpha value is -1.78. The minimum Gasteiger partial charge on any atom is -0.329 e. The van der Waals surface area contributed by atoms with Gasteiger partial charge in [0.05, 0.1) is 9.79 Å². The molecule has 0 bridgehead atoms. The van der Waals surface area contributed by atoms with Crippen molar-refractivity contribution in [1.82, 2.24) is 4.31 Å². The van der Waals surface area contributed by atoms with Crippen LogP contribution in [-0.2, 0) is 26.5 Å². The molecule has 0 saturated carbocycles. The van der Waals surface area contributed by atoms with Gasteiger partial charge in [-0.1, -0.05) is 36.4 Å². The Balaban J connectivity index is 2.29. The summed E-state index contributed by atoms with van der Waals surface area (Å²) in [5, 5.41) is 5.08. The molecule has 0 amide bonds. The Bertz CT molecular complexity index is 913. The van der Waals surface area contributed by atoms with E-state index in [9.17, 15) is 16.8 Å². The zero-order chi connectivity index (χ0) is 18.5. The summed E-state index contributed by atoms with van der Waals surface area (Å²) in [6.45, 7) is 0.529. The standard InChI is InChI=1S/C16H21N3O4S2/c17-10-12-19(11-9-14-5-2-1-3-6-14)25(22,23)16-8-4-7-15(13-16)24(18,20)21/h1-8,13H,9-12,17H2,(H2,18,20,21). The molecule has 0 aliphatic heterocycles. The number of nitrogens with zero attached hydrogens (tertiary/aromatic N) is 1. The lowest BCUT2D eigenvalue weighted by atomic mass is 10.1. The van der Waals surface area contributed by atoms with E-state index in [0.717, 1.165) is 11.6 Å². The van der Waals surface area contributed by atoms with E-state index in [0.29, 0.717) is 6.42 Å². The van der Waals surface area contributed by atoms with Crippen LogP contribution in [0, 0.1) is 0 Å². The maximum Gasteiger partial charge on any atom is 0.243 e. The molecule has 0 heterocycles. The number of benzene rings is 2. The van der Waals surface area contributed by atoms with Crippen LogP contribution >= 0.6 is 0 Å². The lowest BCUT2D eigenvalue weighted by Crippen LogP contribution is -2.37. The van der Waals surface area contributed by atoms with Gasteiger partial charge in [0.25, 0.3) is 0 Å². The first kappa shape index (κ1) is 19.5. The van der Waals surface area contributed by atoms with E-state index in [1.165, 1.54) is 22.5 Å². The Labute approximate surface area is 148 Å². The predicted octanol–water partition coefficient (Wildman–Crippen LogP) is 0.526. The molecule has 2 aromatic carbocycles. The highest BCUT2D eigenvalue weighted by Gasteiger charge is 2.25. The average Bonchev–Trinajstić information content (AvgIpc) is 2.58. The molecule has 0 aliphatic rings. The van der Waals surface area contributed by atoms with Crippen LogP contribution in [-0.4, -0.2) is 40.8 Å². The van der Waals surface area contributed by atoms with Crippen LogP contribution in [0.2, 0.25) is 0 Å². The highest BCUT2D eigenvalue weighted by Crippen LogP contribution is 2.19. The van der Waals surface area contributed by atoms with E-state index in [2.05, 4.69) is 0 Å². The third-order valence-electron chi connectivity index (χ3n) is 3.64. The molecule has 0 unspecified atom stereocenters. The average molecular weight is 383 g/mol. The molecule has 7 nitrogen and oxygen atoms in total.